The summed E-state index contributed by atoms with van der Waals surface area (Å²) in [5, 5.41) is 13.6. The molecule has 0 heterocycles. The molecule has 0 aliphatic heterocycles. The molecule has 0 unspecified atom stereocenters. The van der Waals surface area contributed by atoms with Gasteiger partial charge >= 0.3 is 5.97 Å². The number of carbonyl (C=O) groups is 1. The van der Waals surface area contributed by atoms with Crippen LogP contribution in [0.1, 0.15) is 17.2 Å². The lowest BCUT2D eigenvalue weighted by Crippen LogP contribution is -2.16. The van der Waals surface area contributed by atoms with Gasteiger partial charge in [-0.05, 0) is 58.7 Å². The molecule has 0 saturated heterocycles. The summed E-state index contributed by atoms with van der Waals surface area (Å²) in [7, 11) is 1.25. The second kappa shape index (κ2) is 7.04. The summed E-state index contributed by atoms with van der Waals surface area (Å²) in [4.78, 5) is 12.0. The van der Waals surface area contributed by atoms with Crippen LogP contribution >= 0.6 is 23.2 Å². The maximum absolute atomic E-state index is 12.0. The number of fused-ring (bicyclic) bond motifs is 1. The maximum atomic E-state index is 12.0. The Balaban J connectivity index is 2.39. The fraction of sp³-hybridized carbons (Fsp3) is 0.150. The maximum Gasteiger partial charge on any atom is 0.339 e. The Bertz CT molecular complexity index is 949. The largest absolute Gasteiger partial charge is 0.467 e. The van der Waals surface area contributed by atoms with Crippen LogP contribution in [0.5, 0.6) is 0 Å². The molecule has 0 fully saturated rings. The topological polar surface area (TPSA) is 46.5 Å². The molecule has 0 aliphatic carbocycles. The van der Waals surface area contributed by atoms with Gasteiger partial charge in [0.15, 0.2) is 6.10 Å². The first-order valence-corrected chi connectivity index (χ1v) is 8.42. The number of benzene rings is 3. The molecule has 3 aromatic carbocycles. The Morgan fingerprint density at radius 2 is 1.68 bits per heavy atom. The Morgan fingerprint density at radius 3 is 2.32 bits per heavy atom. The van der Waals surface area contributed by atoms with Gasteiger partial charge in [-0.15, -0.1) is 0 Å². The highest BCUT2D eigenvalue weighted by molar-refractivity contribution is 6.31. The number of ether oxygens (including phenoxy) is 1. The normalized spacial score (nSPS) is 12.2. The average molecular weight is 375 g/mol. The van der Waals surface area contributed by atoms with Crippen molar-refractivity contribution in [2.75, 3.05) is 7.11 Å². The zero-order valence-corrected chi connectivity index (χ0v) is 15.2. The predicted molar refractivity (Wildman–Crippen MR) is 101 cm³/mol. The number of aliphatic hydroxyl groups is 1. The van der Waals surface area contributed by atoms with Gasteiger partial charge in [0.25, 0.3) is 0 Å². The van der Waals surface area contributed by atoms with Gasteiger partial charge in [-0.2, -0.15) is 0 Å². The zero-order chi connectivity index (χ0) is 18.1. The van der Waals surface area contributed by atoms with Crippen LogP contribution in [-0.4, -0.2) is 18.2 Å². The Kier molecular flexibility index (Phi) is 5.00. The van der Waals surface area contributed by atoms with Crippen LogP contribution in [0, 0.1) is 6.92 Å². The minimum Gasteiger partial charge on any atom is -0.467 e. The van der Waals surface area contributed by atoms with Crippen molar-refractivity contribution in [2.45, 2.75) is 13.0 Å². The van der Waals surface area contributed by atoms with E-state index < -0.39 is 12.1 Å². The van der Waals surface area contributed by atoms with Crippen molar-refractivity contribution < 1.29 is 14.6 Å². The molecule has 0 aliphatic rings. The molecule has 0 bridgehead atoms. The molecule has 128 valence electrons. The highest BCUT2D eigenvalue weighted by atomic mass is 35.5. The number of methoxy groups -OCH3 is 1. The van der Waals surface area contributed by atoms with E-state index in [4.69, 9.17) is 27.9 Å². The van der Waals surface area contributed by atoms with Gasteiger partial charge in [-0.25, -0.2) is 4.79 Å². The van der Waals surface area contributed by atoms with Gasteiger partial charge in [0.2, 0.25) is 0 Å². The van der Waals surface area contributed by atoms with Crippen molar-refractivity contribution in [3.05, 3.63) is 69.7 Å². The second-order valence-corrected chi connectivity index (χ2v) is 6.65. The van der Waals surface area contributed by atoms with Crippen LogP contribution in [0.15, 0.2) is 48.5 Å². The van der Waals surface area contributed by atoms with Crippen molar-refractivity contribution in [3.8, 4) is 11.1 Å². The molecule has 3 nitrogen and oxygen atoms in total. The van der Waals surface area contributed by atoms with E-state index in [9.17, 15) is 9.90 Å². The van der Waals surface area contributed by atoms with E-state index in [1.807, 2.05) is 37.3 Å². The molecule has 0 spiro atoms. The average Bonchev–Trinajstić information content (AvgIpc) is 2.60. The van der Waals surface area contributed by atoms with Crippen LogP contribution in [0.25, 0.3) is 21.9 Å². The lowest BCUT2D eigenvalue weighted by Gasteiger charge is -2.20. The van der Waals surface area contributed by atoms with E-state index in [1.54, 1.807) is 18.2 Å². The molecular formula is C20H16Cl2O3. The molecule has 3 aromatic rings. The molecule has 0 aromatic heterocycles. The molecule has 5 heteroatoms. The highest BCUT2D eigenvalue weighted by Gasteiger charge is 2.25. The fourth-order valence-corrected chi connectivity index (χ4v) is 3.35. The first-order chi connectivity index (χ1) is 11.9. The first-order valence-electron chi connectivity index (χ1n) is 7.67. The second-order valence-electron chi connectivity index (χ2n) is 5.78. The number of rotatable bonds is 3. The molecular weight excluding hydrogens is 359 g/mol. The van der Waals surface area contributed by atoms with Crippen LogP contribution in [0.4, 0.5) is 0 Å². The first kappa shape index (κ1) is 17.7. The van der Waals surface area contributed by atoms with Crippen molar-refractivity contribution >= 4 is 39.9 Å². The smallest absolute Gasteiger partial charge is 0.339 e. The van der Waals surface area contributed by atoms with E-state index in [0.717, 1.165) is 27.5 Å². The number of aryl methyl sites for hydroxylation is 1. The SMILES string of the molecule is COC(=O)[C@H](O)c1c(C)cc2cc(Cl)ccc2c1-c1ccc(Cl)cc1. The van der Waals surface area contributed by atoms with Crippen LogP contribution in [-0.2, 0) is 9.53 Å². The minimum absolute atomic E-state index is 0.518. The molecule has 3 rings (SSSR count). The summed E-state index contributed by atoms with van der Waals surface area (Å²) >= 11 is 12.1. The van der Waals surface area contributed by atoms with Crippen LogP contribution in [0.3, 0.4) is 0 Å². The van der Waals surface area contributed by atoms with E-state index in [2.05, 4.69) is 0 Å². The molecule has 0 amide bonds. The highest BCUT2D eigenvalue weighted by Crippen LogP contribution is 2.39. The zero-order valence-electron chi connectivity index (χ0n) is 13.7. The monoisotopic (exact) mass is 374 g/mol. The van der Waals surface area contributed by atoms with Crippen LogP contribution < -0.4 is 0 Å². The summed E-state index contributed by atoms with van der Waals surface area (Å²) in [6.07, 6.45) is -1.38. The third kappa shape index (κ3) is 3.36. The van der Waals surface area contributed by atoms with Gasteiger partial charge in [0.05, 0.1) is 7.11 Å². The summed E-state index contributed by atoms with van der Waals surface area (Å²) in [6, 6.07) is 14.7. The minimum atomic E-state index is -1.38. The molecule has 0 radical (unpaired) electrons. The van der Waals surface area contributed by atoms with Gasteiger partial charge in [0, 0.05) is 15.6 Å². The summed E-state index contributed by atoms with van der Waals surface area (Å²) in [6.45, 7) is 1.85. The Labute approximate surface area is 155 Å². The molecule has 0 saturated carbocycles. The number of carbonyl (C=O) groups excluding carboxylic acids is 1. The Morgan fingerprint density at radius 1 is 1.04 bits per heavy atom. The van der Waals surface area contributed by atoms with E-state index in [1.165, 1.54) is 7.11 Å². The van der Waals surface area contributed by atoms with Gasteiger partial charge in [0.1, 0.15) is 0 Å². The van der Waals surface area contributed by atoms with Gasteiger partial charge in [-0.3, -0.25) is 0 Å². The molecule has 1 atom stereocenters. The third-order valence-corrected chi connectivity index (χ3v) is 4.67. The van der Waals surface area contributed by atoms with E-state index in [0.29, 0.717) is 15.6 Å². The number of hydrogen-bond donors (Lipinski definition) is 1. The summed E-state index contributed by atoms with van der Waals surface area (Å²) in [5.74, 6) is -0.702. The van der Waals surface area contributed by atoms with E-state index in [-0.39, 0.29) is 0 Å². The van der Waals surface area contributed by atoms with Gasteiger partial charge < -0.3 is 9.84 Å². The third-order valence-electron chi connectivity index (χ3n) is 4.18. The fourth-order valence-electron chi connectivity index (χ4n) is 3.04. The van der Waals surface area contributed by atoms with Crippen molar-refractivity contribution in [2.24, 2.45) is 0 Å². The number of esters is 1. The van der Waals surface area contributed by atoms with Crippen molar-refractivity contribution in [1.29, 1.82) is 0 Å². The summed E-state index contributed by atoms with van der Waals surface area (Å²) < 4.78 is 4.73. The van der Waals surface area contributed by atoms with Crippen LogP contribution in [0.2, 0.25) is 10.0 Å². The summed E-state index contributed by atoms with van der Waals surface area (Å²) in [5.41, 5.74) is 2.90. The standard InChI is InChI=1S/C20H16Cl2O3/c1-11-9-13-10-15(22)7-8-16(13)18(12-3-5-14(21)6-4-12)17(11)19(23)20(24)25-2/h3-10,19,23H,1-2H3/t19-/m1/s1. The Hall–Kier alpha value is -2.07. The predicted octanol–water partition coefficient (Wildman–Crippen LogP) is 5.33. The quantitative estimate of drug-likeness (QED) is 0.630. The van der Waals surface area contributed by atoms with Gasteiger partial charge in [-0.1, -0.05) is 47.5 Å². The van der Waals surface area contributed by atoms with E-state index >= 15 is 0 Å². The van der Waals surface area contributed by atoms with Crippen molar-refractivity contribution in [3.63, 3.8) is 0 Å². The number of aliphatic hydroxyl groups excluding tert-OH is 1. The lowest BCUT2D eigenvalue weighted by atomic mass is 9.87. The number of halogens is 2. The number of hydrogen-bond acceptors (Lipinski definition) is 3. The molecule has 25 heavy (non-hydrogen) atoms. The molecule has 1 N–H and O–H groups in total. The lowest BCUT2D eigenvalue weighted by molar-refractivity contribution is -0.150. The van der Waals surface area contributed by atoms with Crippen molar-refractivity contribution in [1.82, 2.24) is 0 Å².